The molecular weight excluding hydrogens is 184 g/mol. The van der Waals surface area contributed by atoms with Crippen LogP contribution in [-0.4, -0.2) is 37.1 Å². The Morgan fingerprint density at radius 3 is 2.60 bits per heavy atom. The number of hydrogen-bond acceptors (Lipinski definition) is 2. The lowest BCUT2D eigenvalue weighted by atomic mass is 9.86. The average molecular weight is 210 g/mol. The first-order valence-corrected chi connectivity index (χ1v) is 6.51. The fraction of sp³-hybridized carbons (Fsp3) is 1.00. The second kappa shape index (κ2) is 4.42. The third-order valence-corrected chi connectivity index (χ3v) is 3.74. The van der Waals surface area contributed by atoms with E-state index in [1.807, 2.05) is 0 Å². The number of nitrogens with one attached hydrogen (secondary N) is 1. The molecule has 0 radical (unpaired) electrons. The molecule has 0 bridgehead atoms. The maximum absolute atomic E-state index is 3.70. The van der Waals surface area contributed by atoms with Gasteiger partial charge in [-0.05, 0) is 43.7 Å². The molecule has 1 aliphatic carbocycles. The molecule has 0 amide bonds. The van der Waals surface area contributed by atoms with Crippen molar-refractivity contribution in [3.8, 4) is 0 Å². The second-order valence-electron chi connectivity index (χ2n) is 6.43. The molecule has 2 rings (SSSR count). The fourth-order valence-electron chi connectivity index (χ4n) is 2.40. The smallest absolute Gasteiger partial charge is 0.0243 e. The highest BCUT2D eigenvalue weighted by molar-refractivity contribution is 4.87. The van der Waals surface area contributed by atoms with Crippen LogP contribution < -0.4 is 5.32 Å². The summed E-state index contributed by atoms with van der Waals surface area (Å²) in [7, 11) is 0. The monoisotopic (exact) mass is 210 g/mol. The number of rotatable bonds is 2. The molecule has 1 saturated carbocycles. The van der Waals surface area contributed by atoms with Crippen LogP contribution >= 0.6 is 0 Å². The van der Waals surface area contributed by atoms with Crippen LogP contribution in [-0.2, 0) is 0 Å². The van der Waals surface area contributed by atoms with Gasteiger partial charge in [-0.3, -0.25) is 0 Å². The largest absolute Gasteiger partial charge is 0.312 e. The zero-order valence-electron chi connectivity index (χ0n) is 10.6. The molecule has 1 saturated heterocycles. The van der Waals surface area contributed by atoms with Crippen molar-refractivity contribution in [1.29, 1.82) is 0 Å². The van der Waals surface area contributed by atoms with Gasteiger partial charge in [-0.25, -0.2) is 0 Å². The Morgan fingerprint density at radius 1 is 1.27 bits per heavy atom. The lowest BCUT2D eigenvalue weighted by Gasteiger charge is -2.33. The van der Waals surface area contributed by atoms with E-state index in [-0.39, 0.29) is 0 Å². The average Bonchev–Trinajstić information content (AvgIpc) is 2.91. The Bertz CT molecular complexity index is 203. The number of hydrogen-bond donors (Lipinski definition) is 1. The highest BCUT2D eigenvalue weighted by Crippen LogP contribution is 2.31. The van der Waals surface area contributed by atoms with Crippen molar-refractivity contribution < 1.29 is 0 Å². The summed E-state index contributed by atoms with van der Waals surface area (Å²) >= 11 is 0. The van der Waals surface area contributed by atoms with Gasteiger partial charge in [-0.2, -0.15) is 0 Å². The molecule has 0 aromatic heterocycles. The van der Waals surface area contributed by atoms with Crippen molar-refractivity contribution in [3.63, 3.8) is 0 Å². The van der Waals surface area contributed by atoms with Crippen molar-refractivity contribution in [1.82, 2.24) is 10.2 Å². The Balaban J connectivity index is 1.89. The summed E-state index contributed by atoms with van der Waals surface area (Å²) < 4.78 is 0. The van der Waals surface area contributed by atoms with Gasteiger partial charge >= 0.3 is 0 Å². The van der Waals surface area contributed by atoms with E-state index >= 15 is 0 Å². The molecule has 88 valence electrons. The Labute approximate surface area is 94.4 Å². The standard InChI is InChI=1S/C13H26N2/c1-13(2,3)12-10-15(8-4-7-14-12)9-11-5-6-11/h11-12,14H,4-10H2,1-3H3. The third kappa shape index (κ3) is 3.46. The maximum atomic E-state index is 3.70. The van der Waals surface area contributed by atoms with Crippen LogP contribution in [0.25, 0.3) is 0 Å². The van der Waals surface area contributed by atoms with E-state index in [4.69, 9.17) is 0 Å². The summed E-state index contributed by atoms with van der Waals surface area (Å²) in [5, 5.41) is 3.70. The maximum Gasteiger partial charge on any atom is 0.0243 e. The van der Waals surface area contributed by atoms with E-state index in [9.17, 15) is 0 Å². The lowest BCUT2D eigenvalue weighted by molar-refractivity contribution is 0.192. The molecule has 1 heterocycles. The molecule has 1 atom stereocenters. The minimum Gasteiger partial charge on any atom is -0.312 e. The molecular formula is C13H26N2. The molecule has 2 heteroatoms. The highest BCUT2D eigenvalue weighted by atomic mass is 15.2. The van der Waals surface area contributed by atoms with Crippen molar-refractivity contribution in [2.24, 2.45) is 11.3 Å². The zero-order chi connectivity index (χ0) is 10.9. The summed E-state index contributed by atoms with van der Waals surface area (Å²) in [5.74, 6) is 1.03. The Hall–Kier alpha value is -0.0800. The van der Waals surface area contributed by atoms with Crippen LogP contribution in [0.1, 0.15) is 40.0 Å². The van der Waals surface area contributed by atoms with E-state index < -0.39 is 0 Å². The molecule has 15 heavy (non-hydrogen) atoms. The molecule has 0 aromatic rings. The van der Waals surface area contributed by atoms with Crippen molar-refractivity contribution in [3.05, 3.63) is 0 Å². The predicted octanol–water partition coefficient (Wildman–Crippen LogP) is 2.11. The van der Waals surface area contributed by atoms with Gasteiger partial charge in [0.15, 0.2) is 0 Å². The molecule has 2 fully saturated rings. The van der Waals surface area contributed by atoms with Gasteiger partial charge in [-0.1, -0.05) is 20.8 Å². The van der Waals surface area contributed by atoms with Gasteiger partial charge < -0.3 is 10.2 Å². The van der Waals surface area contributed by atoms with Crippen LogP contribution in [0.2, 0.25) is 0 Å². The third-order valence-electron chi connectivity index (χ3n) is 3.74. The minimum absolute atomic E-state index is 0.395. The topological polar surface area (TPSA) is 15.3 Å². The van der Waals surface area contributed by atoms with E-state index in [1.54, 1.807) is 0 Å². The van der Waals surface area contributed by atoms with Crippen LogP contribution in [0.5, 0.6) is 0 Å². The lowest BCUT2D eigenvalue weighted by Crippen LogP contribution is -2.46. The number of nitrogens with zero attached hydrogens (tertiary/aromatic N) is 1. The summed E-state index contributed by atoms with van der Waals surface area (Å²) in [6.45, 7) is 12.2. The van der Waals surface area contributed by atoms with Crippen LogP contribution in [0.4, 0.5) is 0 Å². The van der Waals surface area contributed by atoms with Crippen LogP contribution in [0.3, 0.4) is 0 Å². The first-order chi connectivity index (χ1) is 7.05. The van der Waals surface area contributed by atoms with Crippen molar-refractivity contribution in [2.45, 2.75) is 46.1 Å². The molecule has 1 unspecified atom stereocenters. The predicted molar refractivity (Wildman–Crippen MR) is 65.0 cm³/mol. The normalized spacial score (nSPS) is 30.2. The van der Waals surface area contributed by atoms with Gasteiger partial charge in [0.1, 0.15) is 0 Å². The molecule has 2 aliphatic rings. The van der Waals surface area contributed by atoms with Gasteiger partial charge in [0.2, 0.25) is 0 Å². The van der Waals surface area contributed by atoms with Gasteiger partial charge in [0.25, 0.3) is 0 Å². The quantitative estimate of drug-likeness (QED) is 0.751. The van der Waals surface area contributed by atoms with E-state index in [0.717, 1.165) is 5.92 Å². The van der Waals surface area contributed by atoms with E-state index in [0.29, 0.717) is 11.5 Å². The van der Waals surface area contributed by atoms with Crippen LogP contribution in [0.15, 0.2) is 0 Å². The Morgan fingerprint density at radius 2 is 2.00 bits per heavy atom. The summed E-state index contributed by atoms with van der Waals surface area (Å²) in [6, 6.07) is 0.666. The van der Waals surface area contributed by atoms with Crippen molar-refractivity contribution >= 4 is 0 Å². The fourth-order valence-corrected chi connectivity index (χ4v) is 2.40. The molecule has 1 N–H and O–H groups in total. The summed E-state index contributed by atoms with van der Waals surface area (Å²) in [6.07, 6.45) is 4.27. The van der Waals surface area contributed by atoms with Gasteiger partial charge in [-0.15, -0.1) is 0 Å². The molecule has 2 nitrogen and oxygen atoms in total. The summed E-state index contributed by atoms with van der Waals surface area (Å²) in [5.41, 5.74) is 0.395. The first-order valence-electron chi connectivity index (χ1n) is 6.51. The first kappa shape index (κ1) is 11.4. The Kier molecular flexibility index (Phi) is 3.36. The minimum atomic E-state index is 0.395. The highest BCUT2D eigenvalue weighted by Gasteiger charge is 2.30. The van der Waals surface area contributed by atoms with Crippen molar-refractivity contribution in [2.75, 3.05) is 26.2 Å². The van der Waals surface area contributed by atoms with Gasteiger partial charge in [0.05, 0.1) is 0 Å². The van der Waals surface area contributed by atoms with Crippen LogP contribution in [0, 0.1) is 11.3 Å². The second-order valence-corrected chi connectivity index (χ2v) is 6.43. The molecule has 1 aliphatic heterocycles. The van der Waals surface area contributed by atoms with Gasteiger partial charge in [0, 0.05) is 19.1 Å². The zero-order valence-corrected chi connectivity index (χ0v) is 10.6. The SMILES string of the molecule is CC(C)(C)C1CN(CC2CC2)CCCN1. The molecule has 0 aromatic carbocycles. The molecule has 0 spiro atoms. The van der Waals surface area contributed by atoms with E-state index in [1.165, 1.54) is 45.4 Å². The summed E-state index contributed by atoms with van der Waals surface area (Å²) in [4.78, 5) is 2.69. The van der Waals surface area contributed by atoms with E-state index in [2.05, 4.69) is 31.0 Å².